The lowest BCUT2D eigenvalue weighted by atomic mass is 9.93. The fraction of sp³-hybridized carbons (Fsp3) is 0.440. The van der Waals surface area contributed by atoms with Crippen LogP contribution in [0.25, 0.3) is 11.1 Å². The van der Waals surface area contributed by atoms with Crippen molar-refractivity contribution in [3.05, 3.63) is 52.8 Å². The van der Waals surface area contributed by atoms with E-state index in [0.717, 1.165) is 12.1 Å². The first kappa shape index (κ1) is 30.9. The van der Waals surface area contributed by atoms with Crippen molar-refractivity contribution >= 4 is 22.2 Å². The minimum atomic E-state index is -6.01. The van der Waals surface area contributed by atoms with Gasteiger partial charge in [0.2, 0.25) is 0 Å². The number of benzene rings is 2. The Morgan fingerprint density at radius 1 is 1.05 bits per heavy atom. The van der Waals surface area contributed by atoms with Crippen LogP contribution in [0.3, 0.4) is 0 Å². The first-order valence-corrected chi connectivity index (χ1v) is 12.8. The quantitative estimate of drug-likeness (QED) is 0.186. The lowest BCUT2D eigenvalue weighted by molar-refractivity contribution is -0.143. The summed E-state index contributed by atoms with van der Waals surface area (Å²) in [6, 6.07) is 4.74. The largest absolute Gasteiger partial charge is 0.534 e. The van der Waals surface area contributed by atoms with Gasteiger partial charge in [-0.15, -0.1) is 0 Å². The van der Waals surface area contributed by atoms with Gasteiger partial charge in [-0.3, -0.25) is 4.79 Å². The van der Waals surface area contributed by atoms with Gasteiger partial charge in [0, 0.05) is 11.1 Å². The van der Waals surface area contributed by atoms with Crippen LogP contribution in [0.15, 0.2) is 30.3 Å². The maximum atomic E-state index is 15.0. The molecule has 0 aliphatic rings. The van der Waals surface area contributed by atoms with Crippen molar-refractivity contribution in [1.82, 2.24) is 5.32 Å². The number of ether oxygens (including phenoxy) is 2. The van der Waals surface area contributed by atoms with Crippen LogP contribution in [0.5, 0.6) is 5.75 Å². The summed E-state index contributed by atoms with van der Waals surface area (Å²) in [7, 11) is -6.01. The molecule has 2 aromatic rings. The molecule has 2 aromatic carbocycles. The van der Waals surface area contributed by atoms with Gasteiger partial charge in [-0.05, 0) is 76.4 Å². The number of aryl methyl sites for hydroxylation is 2. The Hall–Kier alpha value is -3.35. The summed E-state index contributed by atoms with van der Waals surface area (Å²) in [4.78, 5) is 24.7. The van der Waals surface area contributed by atoms with E-state index in [9.17, 15) is 31.2 Å². The maximum Gasteiger partial charge on any atom is 0.534 e. The number of halogens is 4. The second-order valence-electron chi connectivity index (χ2n) is 9.38. The van der Waals surface area contributed by atoms with Gasteiger partial charge >= 0.3 is 27.7 Å². The average molecular weight is 564 g/mol. The summed E-state index contributed by atoms with van der Waals surface area (Å²) in [6.07, 6.45) is -1.45. The molecular formula is C25H29F4NO7S. The monoisotopic (exact) mass is 563 g/mol. The molecular weight excluding hydrogens is 534 g/mol. The highest BCUT2D eigenvalue weighted by molar-refractivity contribution is 7.88. The topological polar surface area (TPSA) is 108 Å². The number of amides is 1. The average Bonchev–Trinajstić information content (AvgIpc) is 2.71. The summed E-state index contributed by atoms with van der Waals surface area (Å²) < 4.78 is 92.2. The summed E-state index contributed by atoms with van der Waals surface area (Å²) in [5.41, 5.74) is -6.05. The molecule has 0 unspecified atom stereocenters. The number of rotatable bonds is 8. The lowest BCUT2D eigenvalue weighted by Crippen LogP contribution is -2.36. The van der Waals surface area contributed by atoms with Gasteiger partial charge in [0.25, 0.3) is 0 Å². The molecule has 0 saturated carbocycles. The standard InChI is InChI=1S/C25H29F4NO7S/c1-7-35-21(31)13-19(30-23(32)36-24(4,5)6)17-12-16(8-9-18(17)26)22-15(3)10-14(2)11-20(22)37-38(33,34)25(27,28)29/h8-12,19H,7,13H2,1-6H3,(H,30,32)/t19-/m0/s1. The van der Waals surface area contributed by atoms with Gasteiger partial charge in [-0.25, -0.2) is 9.18 Å². The summed E-state index contributed by atoms with van der Waals surface area (Å²) in [5, 5.41) is 2.42. The van der Waals surface area contributed by atoms with E-state index < -0.39 is 57.3 Å². The van der Waals surface area contributed by atoms with Crippen LogP contribution >= 0.6 is 0 Å². The van der Waals surface area contributed by atoms with Gasteiger partial charge < -0.3 is 19.0 Å². The fourth-order valence-electron chi connectivity index (χ4n) is 3.57. The second kappa shape index (κ2) is 11.6. The Bertz CT molecular complexity index is 1300. The van der Waals surface area contributed by atoms with E-state index in [1.54, 1.807) is 33.8 Å². The molecule has 0 saturated heterocycles. The predicted molar refractivity (Wildman–Crippen MR) is 130 cm³/mol. The SMILES string of the molecule is CCOC(=O)C[C@H](NC(=O)OC(C)(C)C)c1cc(-c2c(C)cc(C)cc2OS(=O)(=O)C(F)(F)F)ccc1F. The third-order valence-corrected chi connectivity index (χ3v) is 5.92. The van der Waals surface area contributed by atoms with E-state index in [4.69, 9.17) is 9.47 Å². The molecule has 1 N–H and O–H groups in total. The van der Waals surface area contributed by atoms with Crippen molar-refractivity contribution in [3.63, 3.8) is 0 Å². The normalized spacial score (nSPS) is 13.0. The Kier molecular flexibility index (Phi) is 9.41. The highest BCUT2D eigenvalue weighted by atomic mass is 32.2. The van der Waals surface area contributed by atoms with Crippen molar-refractivity contribution < 1.29 is 49.2 Å². The Labute approximate surface area is 218 Å². The molecule has 1 amide bonds. The molecule has 0 spiro atoms. The fourth-order valence-corrected chi connectivity index (χ4v) is 4.03. The van der Waals surface area contributed by atoms with Gasteiger partial charge in [0.15, 0.2) is 5.75 Å². The number of carbonyl (C=O) groups is 2. The predicted octanol–water partition coefficient (Wildman–Crippen LogP) is 5.86. The molecule has 8 nitrogen and oxygen atoms in total. The third-order valence-electron chi connectivity index (χ3n) is 4.95. The molecule has 2 rings (SSSR count). The van der Waals surface area contributed by atoms with E-state index in [-0.39, 0.29) is 23.3 Å². The van der Waals surface area contributed by atoms with Gasteiger partial charge in [-0.1, -0.05) is 12.1 Å². The number of hydrogen-bond donors (Lipinski definition) is 1. The number of carbonyl (C=O) groups excluding carboxylic acids is 2. The van der Waals surface area contributed by atoms with E-state index in [2.05, 4.69) is 9.50 Å². The van der Waals surface area contributed by atoms with Crippen LogP contribution in [-0.2, 0) is 24.4 Å². The van der Waals surface area contributed by atoms with Crippen LogP contribution < -0.4 is 9.50 Å². The molecule has 1 atom stereocenters. The highest BCUT2D eigenvalue weighted by Crippen LogP contribution is 2.39. The molecule has 0 aliphatic carbocycles. The van der Waals surface area contributed by atoms with Crippen LogP contribution in [0.4, 0.5) is 22.4 Å². The van der Waals surface area contributed by atoms with Crippen molar-refractivity contribution in [2.75, 3.05) is 6.61 Å². The van der Waals surface area contributed by atoms with Gasteiger partial charge in [0.1, 0.15) is 11.4 Å². The zero-order valence-electron chi connectivity index (χ0n) is 21.7. The number of hydrogen-bond acceptors (Lipinski definition) is 7. The molecule has 38 heavy (non-hydrogen) atoms. The number of esters is 1. The van der Waals surface area contributed by atoms with E-state index in [1.165, 1.54) is 26.0 Å². The van der Waals surface area contributed by atoms with E-state index >= 15 is 4.39 Å². The summed E-state index contributed by atoms with van der Waals surface area (Å²) >= 11 is 0. The smallest absolute Gasteiger partial charge is 0.466 e. The van der Waals surface area contributed by atoms with Crippen LogP contribution in [0, 0.1) is 19.7 Å². The van der Waals surface area contributed by atoms with E-state index in [0.29, 0.717) is 11.1 Å². The number of alkyl carbamates (subject to hydrolysis) is 1. The molecule has 0 bridgehead atoms. The molecule has 210 valence electrons. The first-order chi connectivity index (χ1) is 17.3. The van der Waals surface area contributed by atoms with Crippen molar-refractivity contribution in [2.45, 2.75) is 65.1 Å². The molecule has 0 aromatic heterocycles. The van der Waals surface area contributed by atoms with Gasteiger partial charge in [0.05, 0.1) is 19.1 Å². The maximum absolute atomic E-state index is 15.0. The lowest BCUT2D eigenvalue weighted by Gasteiger charge is -2.24. The Balaban J connectivity index is 2.65. The Morgan fingerprint density at radius 3 is 2.24 bits per heavy atom. The van der Waals surface area contributed by atoms with Crippen molar-refractivity contribution in [1.29, 1.82) is 0 Å². The van der Waals surface area contributed by atoms with Crippen molar-refractivity contribution in [3.8, 4) is 16.9 Å². The van der Waals surface area contributed by atoms with Gasteiger partial charge in [-0.2, -0.15) is 21.6 Å². The van der Waals surface area contributed by atoms with Crippen LogP contribution in [0.2, 0.25) is 0 Å². The molecule has 13 heteroatoms. The van der Waals surface area contributed by atoms with Crippen molar-refractivity contribution in [2.24, 2.45) is 0 Å². The van der Waals surface area contributed by atoms with Crippen LogP contribution in [-0.4, -0.2) is 38.2 Å². The second-order valence-corrected chi connectivity index (χ2v) is 10.9. The highest BCUT2D eigenvalue weighted by Gasteiger charge is 2.49. The summed E-state index contributed by atoms with van der Waals surface area (Å²) in [5.74, 6) is -2.24. The zero-order chi connectivity index (χ0) is 29.1. The molecule has 0 fully saturated rings. The number of nitrogens with one attached hydrogen (secondary N) is 1. The Morgan fingerprint density at radius 2 is 1.68 bits per heavy atom. The molecule has 0 radical (unpaired) electrons. The minimum absolute atomic E-state index is 0.0252. The van der Waals surface area contributed by atoms with E-state index in [1.807, 2.05) is 0 Å². The first-order valence-electron chi connectivity index (χ1n) is 11.4. The molecule has 0 aliphatic heterocycles. The third kappa shape index (κ3) is 8.07. The number of alkyl halides is 3. The zero-order valence-corrected chi connectivity index (χ0v) is 22.5. The molecule has 0 heterocycles. The minimum Gasteiger partial charge on any atom is -0.466 e. The summed E-state index contributed by atoms with van der Waals surface area (Å²) in [6.45, 7) is 9.43. The van der Waals surface area contributed by atoms with Crippen LogP contribution in [0.1, 0.15) is 56.8 Å².